The van der Waals surface area contributed by atoms with Gasteiger partial charge in [0.1, 0.15) is 6.10 Å². The van der Waals surface area contributed by atoms with E-state index < -0.39 is 18.2 Å². The quantitative estimate of drug-likeness (QED) is 0.388. The summed E-state index contributed by atoms with van der Waals surface area (Å²) in [5, 5.41) is 24.5. The second-order valence-electron chi connectivity index (χ2n) is 1.41. The van der Waals surface area contributed by atoms with Crippen molar-refractivity contribution in [2.24, 2.45) is 0 Å². The van der Waals surface area contributed by atoms with E-state index in [1.807, 2.05) is 0 Å². The van der Waals surface area contributed by atoms with Crippen molar-refractivity contribution in [3.05, 3.63) is 0 Å². The van der Waals surface area contributed by atoms with Crippen molar-refractivity contribution in [1.82, 2.24) is 0 Å². The van der Waals surface area contributed by atoms with E-state index >= 15 is 0 Å². The zero-order chi connectivity index (χ0) is 7.44. The summed E-state index contributed by atoms with van der Waals surface area (Å²) in [6, 6.07) is 0. The summed E-state index contributed by atoms with van der Waals surface area (Å²) in [4.78, 5) is 19.3. The minimum atomic E-state index is -2.01. The van der Waals surface area contributed by atoms with Gasteiger partial charge in [-0.1, -0.05) is 0 Å². The SMILES string of the molecule is O=C[C@H](O)C(O)C(=O)O. The lowest BCUT2D eigenvalue weighted by Gasteiger charge is -2.04. The van der Waals surface area contributed by atoms with Crippen LogP contribution in [0.2, 0.25) is 0 Å². The Hall–Kier alpha value is -0.940. The smallest absolute Gasteiger partial charge is 0.335 e. The Morgan fingerprint density at radius 2 is 1.89 bits per heavy atom. The van der Waals surface area contributed by atoms with E-state index in [4.69, 9.17) is 15.3 Å². The van der Waals surface area contributed by atoms with E-state index in [0.717, 1.165) is 0 Å². The maximum absolute atomic E-state index is 9.73. The van der Waals surface area contributed by atoms with Gasteiger partial charge in [-0.05, 0) is 0 Å². The van der Waals surface area contributed by atoms with E-state index in [1.54, 1.807) is 0 Å². The molecule has 0 aliphatic carbocycles. The number of carboxylic acids is 1. The molecule has 9 heavy (non-hydrogen) atoms. The maximum Gasteiger partial charge on any atom is 0.335 e. The molecule has 0 spiro atoms. The third-order valence-corrected chi connectivity index (χ3v) is 0.716. The molecule has 0 aromatic heterocycles. The lowest BCUT2D eigenvalue weighted by molar-refractivity contribution is -0.154. The molecule has 0 fully saturated rings. The number of carbonyl (C=O) groups excluding carboxylic acids is 1. The van der Waals surface area contributed by atoms with Gasteiger partial charge in [0.2, 0.25) is 0 Å². The molecule has 0 saturated carbocycles. The number of rotatable bonds is 3. The number of carboxylic acid groups (broad SMARTS) is 1. The lowest BCUT2D eigenvalue weighted by atomic mass is 10.2. The summed E-state index contributed by atoms with van der Waals surface area (Å²) in [5.74, 6) is -1.62. The van der Waals surface area contributed by atoms with Gasteiger partial charge in [0, 0.05) is 0 Å². The highest BCUT2D eigenvalue weighted by molar-refractivity contribution is 5.77. The van der Waals surface area contributed by atoms with Crippen LogP contribution < -0.4 is 0 Å². The van der Waals surface area contributed by atoms with Crippen molar-refractivity contribution in [2.75, 3.05) is 0 Å². The number of aliphatic carboxylic acids is 1. The molecule has 3 N–H and O–H groups in total. The standard InChI is InChI=1S/C4H6O5/c5-1-2(6)3(7)4(8)9/h1-3,6-7H,(H,8,9)/t2-,3?/m0/s1. The first-order chi connectivity index (χ1) is 4.09. The highest BCUT2D eigenvalue weighted by Gasteiger charge is 2.22. The monoisotopic (exact) mass is 134 g/mol. The van der Waals surface area contributed by atoms with Gasteiger partial charge in [0.05, 0.1) is 0 Å². The van der Waals surface area contributed by atoms with Gasteiger partial charge in [-0.3, -0.25) is 0 Å². The molecule has 0 aliphatic heterocycles. The average Bonchev–Trinajstić information content (AvgIpc) is 1.84. The zero-order valence-electron chi connectivity index (χ0n) is 4.39. The molecule has 0 aromatic rings. The zero-order valence-corrected chi connectivity index (χ0v) is 4.39. The third kappa shape index (κ3) is 2.20. The van der Waals surface area contributed by atoms with Gasteiger partial charge in [-0.15, -0.1) is 0 Å². The van der Waals surface area contributed by atoms with E-state index in [1.165, 1.54) is 0 Å². The van der Waals surface area contributed by atoms with Crippen LogP contribution in [0.25, 0.3) is 0 Å². The van der Waals surface area contributed by atoms with E-state index in [-0.39, 0.29) is 6.29 Å². The van der Waals surface area contributed by atoms with Gasteiger partial charge in [-0.25, -0.2) is 4.79 Å². The number of hydrogen-bond acceptors (Lipinski definition) is 4. The normalized spacial score (nSPS) is 16.2. The van der Waals surface area contributed by atoms with Crippen LogP contribution in [0.4, 0.5) is 0 Å². The molecule has 5 nitrogen and oxygen atoms in total. The summed E-state index contributed by atoms with van der Waals surface area (Å²) in [7, 11) is 0. The van der Waals surface area contributed by atoms with E-state index in [0.29, 0.717) is 0 Å². The first-order valence-corrected chi connectivity index (χ1v) is 2.14. The minimum Gasteiger partial charge on any atom is -0.479 e. The van der Waals surface area contributed by atoms with Crippen LogP contribution in [0.5, 0.6) is 0 Å². The van der Waals surface area contributed by atoms with Gasteiger partial charge in [0.15, 0.2) is 12.4 Å². The molecule has 0 amide bonds. The Balaban J connectivity index is 3.86. The van der Waals surface area contributed by atoms with Crippen LogP contribution in [0.1, 0.15) is 0 Å². The highest BCUT2D eigenvalue weighted by Crippen LogP contribution is 1.88. The number of hydrogen-bond donors (Lipinski definition) is 3. The molecular formula is C4H6O5. The second kappa shape index (κ2) is 3.16. The maximum atomic E-state index is 9.73. The van der Waals surface area contributed by atoms with Crippen molar-refractivity contribution < 1.29 is 24.9 Å². The van der Waals surface area contributed by atoms with Crippen LogP contribution in [0.3, 0.4) is 0 Å². The predicted octanol–water partition coefficient (Wildman–Crippen LogP) is -2.01. The Morgan fingerprint density at radius 1 is 1.44 bits per heavy atom. The molecule has 5 heteroatoms. The van der Waals surface area contributed by atoms with Crippen molar-refractivity contribution >= 4 is 12.3 Å². The second-order valence-corrected chi connectivity index (χ2v) is 1.41. The largest absolute Gasteiger partial charge is 0.479 e. The predicted molar refractivity (Wildman–Crippen MR) is 25.7 cm³/mol. The van der Waals surface area contributed by atoms with Crippen LogP contribution in [-0.4, -0.2) is 39.8 Å². The first-order valence-electron chi connectivity index (χ1n) is 2.14. The topological polar surface area (TPSA) is 94.8 Å². The molecule has 1 unspecified atom stereocenters. The summed E-state index contributed by atoms with van der Waals surface area (Å²) < 4.78 is 0. The minimum absolute atomic E-state index is 0.0429. The fourth-order valence-electron chi connectivity index (χ4n) is 0.220. The molecular weight excluding hydrogens is 128 g/mol. The van der Waals surface area contributed by atoms with Crippen LogP contribution in [0, 0.1) is 0 Å². The van der Waals surface area contributed by atoms with Crippen molar-refractivity contribution in [3.8, 4) is 0 Å². The third-order valence-electron chi connectivity index (χ3n) is 0.716. The van der Waals surface area contributed by atoms with Gasteiger partial charge < -0.3 is 20.1 Å². The molecule has 0 bridgehead atoms. The van der Waals surface area contributed by atoms with Crippen LogP contribution >= 0.6 is 0 Å². The van der Waals surface area contributed by atoms with Gasteiger partial charge in [-0.2, -0.15) is 0 Å². The summed E-state index contributed by atoms with van der Waals surface area (Å²) in [6.07, 6.45) is -3.89. The molecule has 52 valence electrons. The summed E-state index contributed by atoms with van der Waals surface area (Å²) in [6.45, 7) is 0. The Bertz CT molecular complexity index is 120. The van der Waals surface area contributed by atoms with Crippen molar-refractivity contribution in [2.45, 2.75) is 12.2 Å². The number of aliphatic hydroxyl groups is 2. The molecule has 0 heterocycles. The van der Waals surface area contributed by atoms with Crippen LogP contribution in [-0.2, 0) is 9.59 Å². The Morgan fingerprint density at radius 3 is 2.00 bits per heavy atom. The Labute approximate surface area is 50.5 Å². The summed E-state index contributed by atoms with van der Waals surface area (Å²) >= 11 is 0. The molecule has 0 saturated heterocycles. The Kier molecular flexibility index (Phi) is 2.83. The molecule has 0 aliphatic rings. The van der Waals surface area contributed by atoms with Gasteiger partial charge in [0.25, 0.3) is 0 Å². The number of aldehydes is 1. The van der Waals surface area contributed by atoms with Crippen molar-refractivity contribution in [1.29, 1.82) is 0 Å². The van der Waals surface area contributed by atoms with Gasteiger partial charge >= 0.3 is 5.97 Å². The fraction of sp³-hybridized carbons (Fsp3) is 0.500. The highest BCUT2D eigenvalue weighted by atomic mass is 16.4. The van der Waals surface area contributed by atoms with E-state index in [9.17, 15) is 9.59 Å². The first kappa shape index (κ1) is 8.06. The fourth-order valence-corrected chi connectivity index (χ4v) is 0.220. The van der Waals surface area contributed by atoms with E-state index in [2.05, 4.69) is 0 Å². The number of carbonyl (C=O) groups is 2. The summed E-state index contributed by atoms with van der Waals surface area (Å²) in [5.41, 5.74) is 0. The average molecular weight is 134 g/mol. The molecule has 0 aromatic carbocycles. The molecule has 2 atom stereocenters. The van der Waals surface area contributed by atoms with Crippen LogP contribution in [0.15, 0.2) is 0 Å². The molecule has 0 rings (SSSR count). The van der Waals surface area contributed by atoms with Crippen molar-refractivity contribution in [3.63, 3.8) is 0 Å². The molecule has 0 radical (unpaired) electrons. The number of aliphatic hydroxyl groups excluding tert-OH is 2. The lowest BCUT2D eigenvalue weighted by Crippen LogP contribution is -2.34.